The molecule has 2 aromatic carbocycles. The maximum Gasteiger partial charge on any atom is 0.273 e. The first-order chi connectivity index (χ1) is 15.4. The van der Waals surface area contributed by atoms with E-state index in [0.717, 1.165) is 6.42 Å². The number of fused-ring (bicyclic) bond motifs is 5. The van der Waals surface area contributed by atoms with Crippen LogP contribution in [0.25, 0.3) is 0 Å². The largest absolute Gasteiger partial charge is 0.494 e. The first kappa shape index (κ1) is 19.9. The zero-order chi connectivity index (χ0) is 22.6. The molecule has 2 aliphatic carbocycles. The van der Waals surface area contributed by atoms with Crippen LogP contribution in [-0.4, -0.2) is 29.8 Å². The minimum absolute atomic E-state index is 0.133. The Hall–Kier alpha value is -4.01. The molecule has 1 heterocycles. The number of nitro groups is 1. The first-order valence-corrected chi connectivity index (χ1v) is 10.2. The van der Waals surface area contributed by atoms with Gasteiger partial charge in [0.2, 0.25) is 11.8 Å². The molecule has 3 amide bonds. The highest BCUT2D eigenvalue weighted by molar-refractivity contribution is 6.23. The highest BCUT2D eigenvalue weighted by Crippen LogP contribution is 2.53. The Kier molecular flexibility index (Phi) is 4.54. The molecular weight excluding hydrogens is 414 g/mol. The Morgan fingerprint density at radius 3 is 2.25 bits per heavy atom. The molecule has 0 spiro atoms. The monoisotopic (exact) mass is 433 g/mol. The topological polar surface area (TPSA) is 119 Å². The number of nitrogens with zero attached hydrogens (tertiary/aromatic N) is 2. The maximum absolute atomic E-state index is 12.9. The number of benzene rings is 2. The molecule has 3 aliphatic rings. The smallest absolute Gasteiger partial charge is 0.273 e. The normalized spacial score (nSPS) is 25.2. The van der Waals surface area contributed by atoms with Crippen LogP contribution < -0.4 is 15.0 Å². The van der Waals surface area contributed by atoms with E-state index < -0.39 is 10.8 Å². The predicted octanol–water partition coefficient (Wildman–Crippen LogP) is 3.17. The minimum Gasteiger partial charge on any atom is -0.494 e. The van der Waals surface area contributed by atoms with Crippen LogP contribution in [0, 0.1) is 33.8 Å². The molecule has 9 nitrogen and oxygen atoms in total. The number of anilines is 2. The number of nitro benzene ring substituents is 1. The second-order valence-corrected chi connectivity index (χ2v) is 8.15. The molecule has 2 aromatic rings. The van der Waals surface area contributed by atoms with Gasteiger partial charge in [-0.1, -0.05) is 12.2 Å². The average Bonchev–Trinajstić information content (AvgIpc) is 3.47. The van der Waals surface area contributed by atoms with Gasteiger partial charge in [0, 0.05) is 11.6 Å². The second-order valence-electron chi connectivity index (χ2n) is 8.15. The second kappa shape index (κ2) is 7.30. The van der Waals surface area contributed by atoms with Gasteiger partial charge in [0.15, 0.2) is 0 Å². The summed E-state index contributed by atoms with van der Waals surface area (Å²) >= 11 is 0. The number of hydrogen-bond acceptors (Lipinski definition) is 6. The van der Waals surface area contributed by atoms with Crippen LogP contribution >= 0.6 is 0 Å². The maximum atomic E-state index is 12.9. The Balaban J connectivity index is 1.33. The third-order valence-electron chi connectivity index (χ3n) is 6.50. The highest BCUT2D eigenvalue weighted by atomic mass is 16.6. The van der Waals surface area contributed by atoms with Crippen molar-refractivity contribution in [2.75, 3.05) is 17.3 Å². The molecule has 32 heavy (non-hydrogen) atoms. The van der Waals surface area contributed by atoms with Gasteiger partial charge in [-0.15, -0.1) is 0 Å². The molecule has 5 rings (SSSR count). The van der Waals surface area contributed by atoms with Crippen LogP contribution in [0.4, 0.5) is 17.1 Å². The molecule has 0 aromatic heterocycles. The summed E-state index contributed by atoms with van der Waals surface area (Å²) in [5.41, 5.74) is 0.874. The summed E-state index contributed by atoms with van der Waals surface area (Å²) in [5.74, 6) is -0.949. The molecule has 4 atom stereocenters. The van der Waals surface area contributed by atoms with Crippen molar-refractivity contribution in [2.45, 2.75) is 6.42 Å². The zero-order valence-corrected chi connectivity index (χ0v) is 17.1. The fourth-order valence-electron chi connectivity index (χ4n) is 5.01. The van der Waals surface area contributed by atoms with Crippen molar-refractivity contribution < 1.29 is 24.0 Å². The van der Waals surface area contributed by atoms with Gasteiger partial charge in [0.1, 0.15) is 5.75 Å². The third kappa shape index (κ3) is 2.96. The summed E-state index contributed by atoms with van der Waals surface area (Å²) < 4.78 is 5.14. The van der Waals surface area contributed by atoms with Crippen molar-refractivity contribution >= 4 is 34.8 Å². The Bertz CT molecular complexity index is 1160. The lowest BCUT2D eigenvalue weighted by atomic mass is 9.85. The lowest BCUT2D eigenvalue weighted by Gasteiger charge is -2.17. The van der Waals surface area contributed by atoms with Crippen molar-refractivity contribution in [3.63, 3.8) is 0 Å². The Labute approximate surface area is 182 Å². The number of nitrogens with one attached hydrogen (secondary N) is 1. The van der Waals surface area contributed by atoms with E-state index in [1.165, 1.54) is 42.3 Å². The predicted molar refractivity (Wildman–Crippen MR) is 114 cm³/mol. The summed E-state index contributed by atoms with van der Waals surface area (Å²) in [6.07, 6.45) is 4.95. The summed E-state index contributed by atoms with van der Waals surface area (Å²) in [7, 11) is 1.35. The molecule has 162 valence electrons. The van der Waals surface area contributed by atoms with E-state index in [0.29, 0.717) is 11.3 Å². The minimum atomic E-state index is -0.552. The van der Waals surface area contributed by atoms with Gasteiger partial charge in [-0.3, -0.25) is 29.4 Å². The Morgan fingerprint density at radius 2 is 1.69 bits per heavy atom. The molecule has 2 fully saturated rings. The van der Waals surface area contributed by atoms with E-state index in [1.807, 2.05) is 12.2 Å². The zero-order valence-electron chi connectivity index (χ0n) is 17.1. The van der Waals surface area contributed by atoms with Gasteiger partial charge < -0.3 is 10.1 Å². The van der Waals surface area contributed by atoms with Gasteiger partial charge in [-0.05, 0) is 48.6 Å². The van der Waals surface area contributed by atoms with E-state index in [4.69, 9.17) is 4.74 Å². The van der Waals surface area contributed by atoms with Crippen LogP contribution in [0.2, 0.25) is 0 Å². The lowest BCUT2D eigenvalue weighted by molar-refractivity contribution is -0.384. The molecule has 9 heteroatoms. The van der Waals surface area contributed by atoms with Gasteiger partial charge in [-0.25, -0.2) is 0 Å². The molecule has 1 saturated heterocycles. The van der Waals surface area contributed by atoms with Crippen LogP contribution in [0.1, 0.15) is 16.8 Å². The summed E-state index contributed by atoms with van der Waals surface area (Å²) in [6.45, 7) is 0. The van der Waals surface area contributed by atoms with Crippen LogP contribution in [0.3, 0.4) is 0 Å². The van der Waals surface area contributed by atoms with E-state index in [9.17, 15) is 24.5 Å². The number of amides is 3. The number of carbonyl (C=O) groups is 3. The van der Waals surface area contributed by atoms with Gasteiger partial charge in [-0.2, -0.15) is 0 Å². The quantitative estimate of drug-likeness (QED) is 0.335. The number of rotatable bonds is 5. The number of allylic oxidation sites excluding steroid dienone is 2. The number of methoxy groups -OCH3 is 1. The fourth-order valence-corrected chi connectivity index (χ4v) is 5.01. The molecule has 0 unspecified atom stereocenters. The summed E-state index contributed by atoms with van der Waals surface area (Å²) in [5, 5.41) is 13.6. The van der Waals surface area contributed by atoms with Crippen molar-refractivity contribution in [2.24, 2.45) is 23.7 Å². The molecule has 0 radical (unpaired) electrons. The summed E-state index contributed by atoms with van der Waals surface area (Å²) in [4.78, 5) is 50.1. The Morgan fingerprint density at radius 1 is 1.06 bits per heavy atom. The van der Waals surface area contributed by atoms with Crippen LogP contribution in [-0.2, 0) is 9.59 Å². The van der Waals surface area contributed by atoms with Gasteiger partial charge >= 0.3 is 0 Å². The number of ether oxygens (including phenoxy) is 1. The number of imide groups is 1. The molecule has 1 N–H and O–H groups in total. The van der Waals surface area contributed by atoms with Crippen molar-refractivity contribution in [1.82, 2.24) is 0 Å². The van der Waals surface area contributed by atoms with Crippen molar-refractivity contribution in [3.05, 3.63) is 70.3 Å². The third-order valence-corrected chi connectivity index (χ3v) is 6.50. The van der Waals surface area contributed by atoms with E-state index in [2.05, 4.69) is 5.32 Å². The molecular formula is C23H19N3O6. The summed E-state index contributed by atoms with van der Waals surface area (Å²) in [6, 6.07) is 10.1. The SMILES string of the molecule is COc1cc([N+](=O)[O-])ccc1NC(=O)c1ccc(N2C(=O)[C@@H]3[C@@H](C2=O)[C@H]2C=C[C@@H]3C2)cc1. The van der Waals surface area contributed by atoms with Crippen LogP contribution in [0.15, 0.2) is 54.6 Å². The van der Waals surface area contributed by atoms with Gasteiger partial charge in [0.05, 0.1) is 41.3 Å². The molecule has 1 aliphatic heterocycles. The van der Waals surface area contributed by atoms with Crippen molar-refractivity contribution in [1.29, 1.82) is 0 Å². The highest BCUT2D eigenvalue weighted by Gasteiger charge is 2.59. The molecule has 1 saturated carbocycles. The number of carbonyl (C=O) groups excluding carboxylic acids is 3. The van der Waals surface area contributed by atoms with Gasteiger partial charge in [0.25, 0.3) is 11.6 Å². The van der Waals surface area contributed by atoms with E-state index in [1.54, 1.807) is 12.1 Å². The standard InChI is InChI=1S/C23H19N3O6/c1-32-18-11-16(26(30)31)8-9-17(18)24-21(27)12-4-6-15(7-5-12)25-22(28)19-13-2-3-14(10-13)20(19)23(25)29/h2-9,11,13-14,19-20H,10H2,1H3,(H,24,27)/t13-,14+,19-,20-/m0/s1. The van der Waals surface area contributed by atoms with Crippen molar-refractivity contribution in [3.8, 4) is 5.75 Å². The molecule has 2 bridgehead atoms. The van der Waals surface area contributed by atoms with E-state index >= 15 is 0 Å². The average molecular weight is 433 g/mol. The number of non-ortho nitro benzene ring substituents is 1. The first-order valence-electron chi connectivity index (χ1n) is 10.2. The lowest BCUT2D eigenvalue weighted by Crippen LogP contribution is -2.32. The fraction of sp³-hybridized carbons (Fsp3) is 0.261. The number of hydrogen-bond donors (Lipinski definition) is 1. The van der Waals surface area contributed by atoms with Crippen LogP contribution in [0.5, 0.6) is 5.75 Å². The van der Waals surface area contributed by atoms with E-state index in [-0.39, 0.29) is 52.6 Å².